The van der Waals surface area contributed by atoms with E-state index in [-0.39, 0.29) is 16.7 Å². The Labute approximate surface area is 69.6 Å². The second-order valence-electron chi connectivity index (χ2n) is 1.49. The number of halogens is 1. The van der Waals surface area contributed by atoms with Crippen LogP contribution in [0.3, 0.4) is 0 Å². The van der Waals surface area contributed by atoms with Crippen molar-refractivity contribution in [1.82, 2.24) is 9.97 Å². The molecule has 54 valence electrons. The zero-order chi connectivity index (χ0) is 10.9. The minimum Gasteiger partial charge on any atom is -0.467 e. The molecule has 1 aromatic heterocycles. The fourth-order valence-corrected chi connectivity index (χ4v) is 0.521. The van der Waals surface area contributed by atoms with Crippen LogP contribution in [0, 0.1) is 6.85 Å². The lowest BCUT2D eigenvalue weighted by Gasteiger charge is -1.98. The third kappa shape index (κ3) is 1.36. The highest BCUT2D eigenvalue weighted by atomic mass is 35.5. The Hall–Kier alpha value is -0.830. The molecule has 0 saturated carbocycles. The second-order valence-corrected chi connectivity index (χ2v) is 1.85. The molecule has 0 spiro atoms. The third-order valence-electron chi connectivity index (χ3n) is 0.846. The quantitative estimate of drug-likeness (QED) is 0.587. The number of methoxy groups -OCH3 is 1. The maximum Gasteiger partial charge on any atom is 0.317 e. The predicted molar refractivity (Wildman–Crippen MR) is 38.3 cm³/mol. The maximum atomic E-state index is 7.34. The molecule has 1 rings (SSSR count). The average Bonchev–Trinajstić information content (AvgIpc) is 1.99. The summed E-state index contributed by atoms with van der Waals surface area (Å²) in [6.07, 6.45) is -0.443. The largest absolute Gasteiger partial charge is 0.467 e. The van der Waals surface area contributed by atoms with E-state index in [9.17, 15) is 0 Å². The van der Waals surface area contributed by atoms with Gasteiger partial charge >= 0.3 is 6.01 Å². The fraction of sp³-hybridized carbons (Fsp3) is 0.333. The molecular formula is C6H7ClN2O. The van der Waals surface area contributed by atoms with Gasteiger partial charge in [-0.3, -0.25) is 0 Å². The lowest BCUT2D eigenvalue weighted by Crippen LogP contribution is -1.92. The number of hydrogen-bond acceptors (Lipinski definition) is 3. The summed E-state index contributed by atoms with van der Waals surface area (Å²) < 4.78 is 33.2. The Morgan fingerprint density at radius 1 is 1.90 bits per heavy atom. The van der Waals surface area contributed by atoms with Gasteiger partial charge in [-0.2, -0.15) is 4.98 Å². The highest BCUT2D eigenvalue weighted by molar-refractivity contribution is 6.30. The van der Waals surface area contributed by atoms with Gasteiger partial charge in [0, 0.05) is 15.8 Å². The van der Waals surface area contributed by atoms with Crippen LogP contribution in [-0.2, 0) is 0 Å². The van der Waals surface area contributed by atoms with Gasteiger partial charge in [-0.05, 0) is 6.85 Å². The fourth-order valence-electron chi connectivity index (χ4n) is 0.406. The summed E-state index contributed by atoms with van der Waals surface area (Å²) >= 11 is 5.59. The number of aromatic nitrogens is 2. The molecule has 0 atom stereocenters. The summed E-state index contributed by atoms with van der Waals surface area (Å²) in [5.41, 5.74) is -0.361. The van der Waals surface area contributed by atoms with Crippen molar-refractivity contribution in [2.24, 2.45) is 0 Å². The van der Waals surface area contributed by atoms with E-state index in [1.807, 2.05) is 0 Å². The minimum atomic E-state index is -2.49. The topological polar surface area (TPSA) is 35.0 Å². The van der Waals surface area contributed by atoms with E-state index >= 15 is 0 Å². The zero-order valence-corrected chi connectivity index (χ0v) is 5.94. The van der Waals surface area contributed by atoms with E-state index in [0.717, 1.165) is 0 Å². The molecule has 3 nitrogen and oxygen atoms in total. The molecule has 0 aliphatic carbocycles. The molecule has 0 fully saturated rings. The van der Waals surface area contributed by atoms with Gasteiger partial charge in [0.05, 0.1) is 8.48 Å². The van der Waals surface area contributed by atoms with E-state index < -0.39 is 13.0 Å². The third-order valence-corrected chi connectivity index (χ3v) is 1.12. The Morgan fingerprint density at radius 3 is 3.20 bits per heavy atom. The summed E-state index contributed by atoms with van der Waals surface area (Å²) in [5.74, 6) is 0. The van der Waals surface area contributed by atoms with Crippen LogP contribution in [0.1, 0.15) is 11.0 Å². The van der Waals surface area contributed by atoms with Gasteiger partial charge < -0.3 is 4.74 Å². The van der Waals surface area contributed by atoms with Gasteiger partial charge in [0.2, 0.25) is 0 Å². The normalized spacial score (nSPS) is 16.6. The van der Waals surface area contributed by atoms with E-state index in [4.69, 9.17) is 17.1 Å². The maximum absolute atomic E-state index is 7.34. The average molecular weight is 163 g/mol. The molecule has 0 bridgehead atoms. The lowest BCUT2D eigenvalue weighted by molar-refractivity contribution is 0.379. The summed E-state index contributed by atoms with van der Waals surface area (Å²) in [7, 11) is 1.31. The van der Waals surface area contributed by atoms with Crippen molar-refractivity contribution >= 4 is 11.6 Å². The van der Waals surface area contributed by atoms with Crippen LogP contribution in [-0.4, -0.2) is 17.1 Å². The van der Waals surface area contributed by atoms with E-state index in [1.165, 1.54) is 7.11 Å². The van der Waals surface area contributed by atoms with Gasteiger partial charge in [-0.25, -0.2) is 4.98 Å². The zero-order valence-electron chi connectivity index (χ0n) is 9.18. The molecule has 0 N–H and O–H groups in total. The number of ether oxygens (including phenoxy) is 1. The standard InChI is InChI=1S/C6H7ClN2O/c1-4-3-8-6(10-2)9-5(4)7/h3H,1-2H3/i1D3,3D. The predicted octanol–water partition coefficient (Wildman–Crippen LogP) is 1.45. The molecule has 0 unspecified atom stereocenters. The molecule has 0 saturated heterocycles. The monoisotopic (exact) mass is 162 g/mol. The van der Waals surface area contributed by atoms with Crippen molar-refractivity contribution in [2.75, 3.05) is 7.11 Å². The Morgan fingerprint density at radius 2 is 2.70 bits per heavy atom. The molecule has 0 radical (unpaired) electrons. The first kappa shape index (κ1) is 3.53. The molecule has 1 aromatic rings. The van der Waals surface area contributed by atoms with Crippen molar-refractivity contribution in [3.05, 3.63) is 16.9 Å². The molecular weight excluding hydrogens is 152 g/mol. The van der Waals surface area contributed by atoms with Crippen molar-refractivity contribution in [2.45, 2.75) is 6.85 Å². The van der Waals surface area contributed by atoms with Crippen LogP contribution in [0.25, 0.3) is 0 Å². The van der Waals surface area contributed by atoms with Gasteiger partial charge in [0.1, 0.15) is 5.15 Å². The highest BCUT2D eigenvalue weighted by Crippen LogP contribution is 2.12. The molecule has 0 aliphatic heterocycles. The first-order valence-corrected chi connectivity index (χ1v) is 2.82. The summed E-state index contributed by atoms with van der Waals surface area (Å²) in [4.78, 5) is 7.08. The van der Waals surface area contributed by atoms with Gasteiger partial charge in [-0.1, -0.05) is 11.6 Å². The molecule has 4 heteroatoms. The highest BCUT2D eigenvalue weighted by Gasteiger charge is 1.98. The Bertz CT molecular complexity index is 331. The van der Waals surface area contributed by atoms with E-state index in [0.29, 0.717) is 0 Å². The SMILES string of the molecule is [2H]c1nc(OC)nc(Cl)c1C([2H])([2H])[2H]. The van der Waals surface area contributed by atoms with Crippen LogP contribution in [0.5, 0.6) is 6.01 Å². The lowest BCUT2D eigenvalue weighted by atomic mass is 10.4. The van der Waals surface area contributed by atoms with Gasteiger partial charge in [0.15, 0.2) is 0 Å². The summed E-state index contributed by atoms with van der Waals surface area (Å²) in [6, 6.07) is -0.118. The van der Waals surface area contributed by atoms with Gasteiger partial charge in [0.25, 0.3) is 0 Å². The molecule has 10 heavy (non-hydrogen) atoms. The van der Waals surface area contributed by atoms with Crippen molar-refractivity contribution < 1.29 is 10.2 Å². The number of hydrogen-bond donors (Lipinski definition) is 0. The molecule has 0 aromatic carbocycles. The van der Waals surface area contributed by atoms with Crippen molar-refractivity contribution in [1.29, 1.82) is 0 Å². The summed E-state index contributed by atoms with van der Waals surface area (Å²) in [5, 5.41) is -0.276. The van der Waals surface area contributed by atoms with Crippen LogP contribution >= 0.6 is 11.6 Å². The Kier molecular flexibility index (Phi) is 1.00. The van der Waals surface area contributed by atoms with Crippen LogP contribution in [0.2, 0.25) is 5.15 Å². The minimum absolute atomic E-state index is 0.118. The van der Waals surface area contributed by atoms with E-state index in [2.05, 4.69) is 14.7 Å². The molecule has 1 heterocycles. The van der Waals surface area contributed by atoms with Crippen molar-refractivity contribution in [3.8, 4) is 6.01 Å². The van der Waals surface area contributed by atoms with E-state index in [1.54, 1.807) is 0 Å². The van der Waals surface area contributed by atoms with Gasteiger partial charge in [-0.15, -0.1) is 0 Å². The second kappa shape index (κ2) is 2.84. The number of nitrogens with zero attached hydrogens (tertiary/aromatic N) is 2. The first-order valence-electron chi connectivity index (χ1n) is 4.45. The Balaban J connectivity index is 3.33. The van der Waals surface area contributed by atoms with Crippen molar-refractivity contribution in [3.63, 3.8) is 0 Å². The summed E-state index contributed by atoms with van der Waals surface area (Å²) in [6.45, 7) is -2.49. The first-order chi connectivity index (χ1) is 6.36. The molecule has 0 amide bonds. The van der Waals surface area contributed by atoms with Crippen LogP contribution < -0.4 is 4.74 Å². The molecule has 0 aliphatic rings. The number of rotatable bonds is 1. The van der Waals surface area contributed by atoms with Crippen LogP contribution in [0.4, 0.5) is 0 Å². The van der Waals surface area contributed by atoms with Crippen LogP contribution in [0.15, 0.2) is 6.17 Å². The smallest absolute Gasteiger partial charge is 0.317 e.